The molecule has 0 aliphatic heterocycles. The predicted molar refractivity (Wildman–Crippen MR) is 151 cm³/mol. The fourth-order valence-corrected chi connectivity index (χ4v) is 5.65. The van der Waals surface area contributed by atoms with Gasteiger partial charge >= 0.3 is 0 Å². The largest absolute Gasteiger partial charge is 0.318 e. The minimum absolute atomic E-state index is 0.391. The van der Waals surface area contributed by atoms with Gasteiger partial charge in [0.05, 0.1) is 20.6 Å². The van der Waals surface area contributed by atoms with Gasteiger partial charge in [-0.2, -0.15) is 0 Å². The molecule has 0 bridgehead atoms. The van der Waals surface area contributed by atoms with E-state index in [0.29, 0.717) is 6.04 Å². The Balaban J connectivity index is 1.72. The van der Waals surface area contributed by atoms with Crippen LogP contribution in [-0.4, -0.2) is 25.1 Å². The summed E-state index contributed by atoms with van der Waals surface area (Å²) in [7, 11) is 4.86. The maximum Gasteiger partial charge on any atom is 0.140 e. The summed E-state index contributed by atoms with van der Waals surface area (Å²) in [5, 5.41) is 0. The molecule has 0 saturated heterocycles. The van der Waals surface area contributed by atoms with Gasteiger partial charge in [-0.05, 0) is 38.8 Å². The lowest BCUT2D eigenvalue weighted by Crippen LogP contribution is -2.44. The molecule has 190 valence electrons. The summed E-state index contributed by atoms with van der Waals surface area (Å²) in [6, 6.07) is 18.6. The minimum Gasteiger partial charge on any atom is -0.318 e. The molecule has 2 aromatic rings. The predicted octanol–water partition coefficient (Wildman–Crippen LogP) is 9.95. The van der Waals surface area contributed by atoms with Crippen molar-refractivity contribution in [3.05, 3.63) is 70.8 Å². The lowest BCUT2D eigenvalue weighted by atomic mass is 9.92. The first kappa shape index (κ1) is 28.6. The first-order valence-corrected chi connectivity index (χ1v) is 14.4. The second-order valence-corrected chi connectivity index (χ2v) is 11.3. The molecule has 0 N–H and O–H groups in total. The summed E-state index contributed by atoms with van der Waals surface area (Å²) in [5.74, 6) is 0. The number of benzene rings is 2. The third kappa shape index (κ3) is 10.8. The highest BCUT2D eigenvalue weighted by Crippen LogP contribution is 2.34. The molecule has 0 heterocycles. The Morgan fingerprint density at radius 3 is 1.47 bits per heavy atom. The van der Waals surface area contributed by atoms with Crippen LogP contribution in [0, 0.1) is 13.8 Å². The molecule has 0 radical (unpaired) electrons. The van der Waals surface area contributed by atoms with Crippen LogP contribution in [0.25, 0.3) is 0 Å². The van der Waals surface area contributed by atoms with Crippen molar-refractivity contribution in [2.75, 3.05) is 20.6 Å². The molecular weight excluding hydrogens is 410 g/mol. The van der Waals surface area contributed by atoms with E-state index in [2.05, 4.69) is 83.4 Å². The molecule has 1 atom stereocenters. The van der Waals surface area contributed by atoms with Crippen molar-refractivity contribution in [3.8, 4) is 0 Å². The zero-order chi connectivity index (χ0) is 24.7. The first-order chi connectivity index (χ1) is 16.4. The third-order valence-corrected chi connectivity index (χ3v) is 7.46. The Kier molecular flexibility index (Phi) is 13.6. The Hall–Kier alpha value is -1.60. The molecule has 0 aliphatic rings. The van der Waals surface area contributed by atoms with Crippen molar-refractivity contribution in [2.45, 2.75) is 117 Å². The van der Waals surface area contributed by atoms with Gasteiger partial charge in [-0.3, -0.25) is 0 Å². The molecule has 0 amide bonds. The van der Waals surface area contributed by atoms with Crippen molar-refractivity contribution < 1.29 is 4.48 Å². The van der Waals surface area contributed by atoms with Crippen molar-refractivity contribution in [1.29, 1.82) is 0 Å². The van der Waals surface area contributed by atoms with Crippen molar-refractivity contribution in [3.63, 3.8) is 0 Å². The maximum atomic E-state index is 2.43. The number of hydrogen-bond acceptors (Lipinski definition) is 0. The van der Waals surface area contributed by atoms with Crippen LogP contribution >= 0.6 is 0 Å². The lowest BCUT2D eigenvalue weighted by Gasteiger charge is -2.39. The SMILES string of the molecule is CCCCCCCCCCCCCCCC[N+](C)(C)C(c1ccccc1)c1cc(C)cc(C)c1. The van der Waals surface area contributed by atoms with E-state index in [1.165, 1.54) is 119 Å². The summed E-state index contributed by atoms with van der Waals surface area (Å²) in [5.41, 5.74) is 5.63. The van der Waals surface area contributed by atoms with Gasteiger partial charge < -0.3 is 4.48 Å². The molecule has 2 rings (SSSR count). The van der Waals surface area contributed by atoms with Gasteiger partial charge in [0.25, 0.3) is 0 Å². The molecule has 1 nitrogen and oxygen atoms in total. The van der Waals surface area contributed by atoms with Crippen LogP contribution in [0.4, 0.5) is 0 Å². The van der Waals surface area contributed by atoms with Gasteiger partial charge in [-0.1, -0.05) is 131 Å². The number of nitrogens with zero attached hydrogens (tertiary/aromatic N) is 1. The van der Waals surface area contributed by atoms with Crippen LogP contribution < -0.4 is 0 Å². The molecule has 2 aromatic carbocycles. The topological polar surface area (TPSA) is 0 Å². The van der Waals surface area contributed by atoms with E-state index in [0.717, 1.165) is 4.48 Å². The standard InChI is InChI=1S/C33H54N/c1-6-7-8-9-10-11-12-13-14-15-16-17-18-22-25-34(4,5)33(31-23-20-19-21-24-31)32-27-29(2)26-30(3)28-32/h19-21,23-24,26-28,33H,6-18,22,25H2,1-5H3/q+1. The molecule has 1 unspecified atom stereocenters. The van der Waals surface area contributed by atoms with Gasteiger partial charge in [0.2, 0.25) is 0 Å². The van der Waals surface area contributed by atoms with Crippen LogP contribution in [0.2, 0.25) is 0 Å². The second kappa shape index (κ2) is 16.1. The fraction of sp³-hybridized carbons (Fsp3) is 0.636. The van der Waals surface area contributed by atoms with Gasteiger partial charge in [0.1, 0.15) is 6.04 Å². The Bertz CT molecular complexity index is 756. The molecule has 1 heteroatoms. The monoisotopic (exact) mass is 464 g/mol. The van der Waals surface area contributed by atoms with E-state index in [4.69, 9.17) is 0 Å². The van der Waals surface area contributed by atoms with E-state index >= 15 is 0 Å². The summed E-state index contributed by atoms with van der Waals surface area (Å²) < 4.78 is 1.02. The quantitative estimate of drug-likeness (QED) is 0.152. The van der Waals surface area contributed by atoms with Crippen molar-refractivity contribution >= 4 is 0 Å². The molecule has 0 spiro atoms. The summed E-state index contributed by atoms with van der Waals surface area (Å²) in [6.45, 7) is 7.98. The molecule has 0 aromatic heterocycles. The van der Waals surface area contributed by atoms with E-state index in [9.17, 15) is 0 Å². The number of rotatable bonds is 18. The fourth-order valence-electron chi connectivity index (χ4n) is 5.65. The van der Waals surface area contributed by atoms with E-state index < -0.39 is 0 Å². The lowest BCUT2D eigenvalue weighted by molar-refractivity contribution is -0.915. The maximum absolute atomic E-state index is 2.43. The van der Waals surface area contributed by atoms with Crippen LogP contribution in [0.1, 0.15) is 125 Å². The van der Waals surface area contributed by atoms with Crippen LogP contribution in [-0.2, 0) is 0 Å². The normalized spacial score (nSPS) is 12.7. The smallest absolute Gasteiger partial charge is 0.140 e. The van der Waals surface area contributed by atoms with Gasteiger partial charge in [-0.25, -0.2) is 0 Å². The number of unbranched alkanes of at least 4 members (excludes halogenated alkanes) is 13. The minimum atomic E-state index is 0.391. The highest BCUT2D eigenvalue weighted by Gasteiger charge is 2.31. The molecule has 0 saturated carbocycles. The summed E-state index contributed by atoms with van der Waals surface area (Å²) in [4.78, 5) is 0. The summed E-state index contributed by atoms with van der Waals surface area (Å²) >= 11 is 0. The Morgan fingerprint density at radius 2 is 1.00 bits per heavy atom. The molecule has 34 heavy (non-hydrogen) atoms. The van der Waals surface area contributed by atoms with Gasteiger partial charge in [-0.15, -0.1) is 0 Å². The first-order valence-electron chi connectivity index (χ1n) is 14.4. The average molecular weight is 465 g/mol. The second-order valence-electron chi connectivity index (χ2n) is 11.3. The summed E-state index contributed by atoms with van der Waals surface area (Å²) in [6.07, 6.45) is 19.9. The molecular formula is C33H54N+. The highest BCUT2D eigenvalue weighted by molar-refractivity contribution is 5.35. The third-order valence-electron chi connectivity index (χ3n) is 7.46. The zero-order valence-electron chi connectivity index (χ0n) is 23.2. The van der Waals surface area contributed by atoms with Gasteiger partial charge in [0, 0.05) is 11.1 Å². The van der Waals surface area contributed by atoms with E-state index in [1.807, 2.05) is 0 Å². The zero-order valence-corrected chi connectivity index (χ0v) is 23.2. The van der Waals surface area contributed by atoms with Gasteiger partial charge in [0.15, 0.2) is 0 Å². The molecule has 0 fully saturated rings. The van der Waals surface area contributed by atoms with E-state index in [1.54, 1.807) is 0 Å². The number of aryl methyl sites for hydroxylation is 2. The van der Waals surface area contributed by atoms with Crippen LogP contribution in [0.15, 0.2) is 48.5 Å². The van der Waals surface area contributed by atoms with E-state index in [-0.39, 0.29) is 0 Å². The Morgan fingerprint density at radius 1 is 0.559 bits per heavy atom. The van der Waals surface area contributed by atoms with Crippen LogP contribution in [0.3, 0.4) is 0 Å². The average Bonchev–Trinajstić information content (AvgIpc) is 2.79. The number of quaternary nitrogens is 1. The van der Waals surface area contributed by atoms with Crippen LogP contribution in [0.5, 0.6) is 0 Å². The number of hydrogen-bond donors (Lipinski definition) is 0. The Labute approximate surface area is 212 Å². The van der Waals surface area contributed by atoms with Crippen molar-refractivity contribution in [2.24, 2.45) is 0 Å². The highest BCUT2D eigenvalue weighted by atomic mass is 15.3. The molecule has 0 aliphatic carbocycles. The van der Waals surface area contributed by atoms with Crippen molar-refractivity contribution in [1.82, 2.24) is 0 Å².